The Kier molecular flexibility index (Phi) is 4.84. The van der Waals surface area contributed by atoms with Gasteiger partial charge in [0.25, 0.3) is 0 Å². The largest absolute Gasteiger partial charge is 0.496 e. The van der Waals surface area contributed by atoms with Crippen molar-refractivity contribution in [2.75, 3.05) is 14.2 Å². The summed E-state index contributed by atoms with van der Waals surface area (Å²) in [6.45, 7) is 4.19. The highest BCUT2D eigenvalue weighted by Gasteiger charge is 2.21. The van der Waals surface area contributed by atoms with Gasteiger partial charge in [-0.3, -0.25) is 0 Å². The summed E-state index contributed by atoms with van der Waals surface area (Å²) in [5, 5.41) is 3.40. The lowest BCUT2D eigenvalue weighted by Crippen LogP contribution is -2.20. The highest BCUT2D eigenvalue weighted by atomic mass is 79.9. The van der Waals surface area contributed by atoms with Crippen LogP contribution in [-0.4, -0.2) is 14.2 Å². The molecule has 0 radical (unpaired) electrons. The van der Waals surface area contributed by atoms with Gasteiger partial charge in [-0.25, -0.2) is 0 Å². The van der Waals surface area contributed by atoms with Gasteiger partial charge >= 0.3 is 0 Å². The van der Waals surface area contributed by atoms with Crippen LogP contribution in [0, 0.1) is 13.8 Å². The lowest BCUT2D eigenvalue weighted by molar-refractivity contribution is 0.401. The van der Waals surface area contributed by atoms with E-state index in [1.165, 1.54) is 16.7 Å². The van der Waals surface area contributed by atoms with Gasteiger partial charge in [-0.1, -0.05) is 46.3 Å². The number of halogens is 1. The van der Waals surface area contributed by atoms with E-state index in [-0.39, 0.29) is 6.04 Å². The van der Waals surface area contributed by atoms with Gasteiger partial charge < -0.3 is 10.1 Å². The minimum Gasteiger partial charge on any atom is -0.496 e. The molecule has 20 heavy (non-hydrogen) atoms. The fourth-order valence-corrected chi connectivity index (χ4v) is 3.17. The molecule has 0 aliphatic carbocycles. The van der Waals surface area contributed by atoms with E-state index in [4.69, 9.17) is 4.74 Å². The monoisotopic (exact) mass is 333 g/mol. The maximum Gasteiger partial charge on any atom is 0.127 e. The number of rotatable bonds is 4. The average Bonchev–Trinajstić information content (AvgIpc) is 2.46. The number of aryl methyl sites for hydroxylation is 1. The van der Waals surface area contributed by atoms with Gasteiger partial charge in [0.2, 0.25) is 0 Å². The van der Waals surface area contributed by atoms with Gasteiger partial charge in [0.15, 0.2) is 0 Å². The SMILES string of the molecule is CNC(c1ccccc1)c1c(C)c(Br)cc(C)c1OC. The highest BCUT2D eigenvalue weighted by Crippen LogP contribution is 2.38. The van der Waals surface area contributed by atoms with Crippen LogP contribution in [0.1, 0.15) is 28.3 Å². The molecule has 2 rings (SSSR count). The van der Waals surface area contributed by atoms with Crippen molar-refractivity contribution in [2.24, 2.45) is 0 Å². The van der Waals surface area contributed by atoms with E-state index in [9.17, 15) is 0 Å². The molecule has 1 atom stereocenters. The van der Waals surface area contributed by atoms with Crippen molar-refractivity contribution >= 4 is 15.9 Å². The fourth-order valence-electron chi connectivity index (χ4n) is 2.62. The number of ether oxygens (including phenoxy) is 1. The molecular weight excluding hydrogens is 314 g/mol. The third-order valence-electron chi connectivity index (χ3n) is 3.62. The third kappa shape index (κ3) is 2.74. The maximum atomic E-state index is 5.66. The molecule has 0 spiro atoms. The Morgan fingerprint density at radius 3 is 2.35 bits per heavy atom. The summed E-state index contributed by atoms with van der Waals surface area (Å²) in [4.78, 5) is 0. The molecule has 106 valence electrons. The standard InChI is InChI=1S/C17H20BrNO/c1-11-10-14(18)12(2)15(17(11)20-4)16(19-3)13-8-6-5-7-9-13/h5-10,16,19H,1-4H3. The molecule has 0 aromatic heterocycles. The first-order chi connectivity index (χ1) is 9.60. The first-order valence-electron chi connectivity index (χ1n) is 6.66. The molecule has 0 heterocycles. The smallest absolute Gasteiger partial charge is 0.127 e. The zero-order valence-corrected chi connectivity index (χ0v) is 13.9. The van der Waals surface area contributed by atoms with Crippen LogP contribution in [0.15, 0.2) is 40.9 Å². The van der Waals surface area contributed by atoms with Crippen molar-refractivity contribution in [3.8, 4) is 5.75 Å². The van der Waals surface area contributed by atoms with Crippen LogP contribution in [0.2, 0.25) is 0 Å². The van der Waals surface area contributed by atoms with E-state index in [2.05, 4.69) is 65.4 Å². The van der Waals surface area contributed by atoms with Crippen LogP contribution in [0.4, 0.5) is 0 Å². The zero-order valence-electron chi connectivity index (χ0n) is 12.3. The molecule has 0 saturated heterocycles. The molecule has 0 fully saturated rings. The molecule has 0 amide bonds. The van der Waals surface area contributed by atoms with Gasteiger partial charge in [0.05, 0.1) is 13.2 Å². The lowest BCUT2D eigenvalue weighted by Gasteiger charge is -2.24. The van der Waals surface area contributed by atoms with Crippen LogP contribution in [0.5, 0.6) is 5.75 Å². The molecule has 0 bridgehead atoms. The van der Waals surface area contributed by atoms with Gasteiger partial charge in [-0.05, 0) is 43.7 Å². The first kappa shape index (κ1) is 15.1. The summed E-state index contributed by atoms with van der Waals surface area (Å²) in [5.74, 6) is 0.953. The van der Waals surface area contributed by atoms with E-state index in [0.29, 0.717) is 0 Å². The van der Waals surface area contributed by atoms with Crippen LogP contribution >= 0.6 is 15.9 Å². The van der Waals surface area contributed by atoms with Gasteiger partial charge in [-0.15, -0.1) is 0 Å². The Bertz CT molecular complexity index is 596. The second-order valence-electron chi connectivity index (χ2n) is 4.88. The van der Waals surface area contributed by atoms with Crippen molar-refractivity contribution in [1.29, 1.82) is 0 Å². The molecule has 2 aromatic rings. The van der Waals surface area contributed by atoms with E-state index in [1.54, 1.807) is 7.11 Å². The van der Waals surface area contributed by atoms with E-state index >= 15 is 0 Å². The molecule has 2 aromatic carbocycles. The minimum absolute atomic E-state index is 0.113. The molecule has 0 saturated carbocycles. The quantitative estimate of drug-likeness (QED) is 0.896. The normalized spacial score (nSPS) is 12.2. The van der Waals surface area contributed by atoms with Crippen molar-refractivity contribution in [2.45, 2.75) is 19.9 Å². The topological polar surface area (TPSA) is 21.3 Å². The van der Waals surface area contributed by atoms with Gasteiger partial charge in [-0.2, -0.15) is 0 Å². The minimum atomic E-state index is 0.113. The van der Waals surface area contributed by atoms with Crippen LogP contribution < -0.4 is 10.1 Å². The average molecular weight is 334 g/mol. The summed E-state index contributed by atoms with van der Waals surface area (Å²) in [6.07, 6.45) is 0. The fraction of sp³-hybridized carbons (Fsp3) is 0.294. The Morgan fingerprint density at radius 2 is 1.80 bits per heavy atom. The van der Waals surface area contributed by atoms with E-state index in [0.717, 1.165) is 15.8 Å². The number of nitrogens with one attached hydrogen (secondary N) is 1. The van der Waals surface area contributed by atoms with Gasteiger partial charge in [0.1, 0.15) is 5.75 Å². The summed E-state index contributed by atoms with van der Waals surface area (Å²) >= 11 is 3.65. The summed E-state index contributed by atoms with van der Waals surface area (Å²) in [5.41, 5.74) is 4.76. The van der Waals surface area contributed by atoms with Crippen molar-refractivity contribution in [3.05, 3.63) is 63.1 Å². The van der Waals surface area contributed by atoms with Gasteiger partial charge in [0, 0.05) is 10.0 Å². The number of hydrogen-bond donors (Lipinski definition) is 1. The number of hydrogen-bond acceptors (Lipinski definition) is 2. The Hall–Kier alpha value is -1.32. The molecule has 3 heteroatoms. The van der Waals surface area contributed by atoms with Crippen LogP contribution in [0.25, 0.3) is 0 Å². The van der Waals surface area contributed by atoms with Crippen LogP contribution in [0.3, 0.4) is 0 Å². The van der Waals surface area contributed by atoms with Crippen molar-refractivity contribution < 1.29 is 4.74 Å². The number of benzene rings is 2. The maximum absolute atomic E-state index is 5.66. The predicted molar refractivity (Wildman–Crippen MR) is 87.5 cm³/mol. The second-order valence-corrected chi connectivity index (χ2v) is 5.73. The van der Waals surface area contributed by atoms with Crippen molar-refractivity contribution in [1.82, 2.24) is 5.32 Å². The second kappa shape index (κ2) is 6.42. The summed E-state index contributed by atoms with van der Waals surface area (Å²) in [6, 6.07) is 12.6. The Balaban J connectivity index is 2.66. The molecule has 1 N–H and O–H groups in total. The Morgan fingerprint density at radius 1 is 1.15 bits per heavy atom. The number of methoxy groups -OCH3 is 1. The molecule has 0 aliphatic rings. The summed E-state index contributed by atoms with van der Waals surface area (Å²) < 4.78 is 6.77. The van der Waals surface area contributed by atoms with E-state index in [1.807, 2.05) is 13.1 Å². The van der Waals surface area contributed by atoms with Crippen LogP contribution in [-0.2, 0) is 0 Å². The molecule has 0 aliphatic heterocycles. The molecule has 1 unspecified atom stereocenters. The predicted octanol–water partition coefficient (Wildman–Crippen LogP) is 4.38. The van der Waals surface area contributed by atoms with Crippen molar-refractivity contribution in [3.63, 3.8) is 0 Å². The summed E-state index contributed by atoms with van der Waals surface area (Å²) in [7, 11) is 3.71. The molecular formula is C17H20BrNO. The lowest BCUT2D eigenvalue weighted by atomic mass is 9.92. The highest BCUT2D eigenvalue weighted by molar-refractivity contribution is 9.10. The van der Waals surface area contributed by atoms with E-state index < -0.39 is 0 Å². The zero-order chi connectivity index (χ0) is 14.7. The molecule has 2 nitrogen and oxygen atoms in total. The third-order valence-corrected chi connectivity index (χ3v) is 4.45. The first-order valence-corrected chi connectivity index (χ1v) is 7.45. The Labute approximate surface area is 129 Å².